The number of nitrogens with one attached hydrogen (secondary N) is 3. The number of H-pyrrole nitrogens is 1. The maximum Gasteiger partial charge on any atom is 0.251 e. The van der Waals surface area contributed by atoms with Crippen molar-refractivity contribution in [1.82, 2.24) is 29.9 Å². The van der Waals surface area contributed by atoms with Gasteiger partial charge in [0.2, 0.25) is 5.95 Å². The van der Waals surface area contributed by atoms with E-state index in [-0.39, 0.29) is 11.7 Å². The van der Waals surface area contributed by atoms with Gasteiger partial charge in [0.1, 0.15) is 12.2 Å². The van der Waals surface area contributed by atoms with E-state index < -0.39 is 0 Å². The summed E-state index contributed by atoms with van der Waals surface area (Å²) in [6.45, 7) is 3.33. The van der Waals surface area contributed by atoms with E-state index in [0.29, 0.717) is 30.0 Å². The van der Waals surface area contributed by atoms with Gasteiger partial charge in [0.05, 0.1) is 5.69 Å². The molecule has 3 heterocycles. The minimum absolute atomic E-state index is 0.0276. The van der Waals surface area contributed by atoms with Crippen molar-refractivity contribution in [2.75, 3.05) is 18.1 Å². The minimum atomic E-state index is -0.138. The van der Waals surface area contributed by atoms with Crippen molar-refractivity contribution in [3.05, 3.63) is 96.3 Å². The van der Waals surface area contributed by atoms with Crippen LogP contribution in [0.1, 0.15) is 34.8 Å². The second kappa shape index (κ2) is 11.0. The van der Waals surface area contributed by atoms with E-state index in [1.807, 2.05) is 52.3 Å². The quantitative estimate of drug-likeness (QED) is 0.168. The Hall–Kier alpha value is -4.99. The van der Waals surface area contributed by atoms with Crippen molar-refractivity contribution in [3.63, 3.8) is 0 Å². The first-order chi connectivity index (χ1) is 18.5. The predicted molar refractivity (Wildman–Crippen MR) is 148 cm³/mol. The number of fused-ring (bicyclic) bond motifs is 1. The molecule has 0 bridgehead atoms. The molecule has 0 fully saturated rings. The third kappa shape index (κ3) is 5.24. The molecule has 5 aromatic rings. The highest BCUT2D eigenvalue weighted by molar-refractivity contribution is 6.07. The number of carbonyl (C=O) groups excluding carboxylic acids is 1. The van der Waals surface area contributed by atoms with E-state index in [1.54, 1.807) is 37.1 Å². The Balaban J connectivity index is 1.23. The molecule has 0 aliphatic heterocycles. The van der Waals surface area contributed by atoms with Gasteiger partial charge in [0.15, 0.2) is 0 Å². The molecule has 0 atom stereocenters. The fourth-order valence-corrected chi connectivity index (χ4v) is 4.32. The monoisotopic (exact) mass is 507 g/mol. The van der Waals surface area contributed by atoms with Gasteiger partial charge in [-0.3, -0.25) is 10.2 Å². The van der Waals surface area contributed by atoms with E-state index in [2.05, 4.69) is 27.2 Å². The molecule has 0 unspecified atom stereocenters. The van der Waals surface area contributed by atoms with Crippen LogP contribution in [-0.2, 0) is 6.42 Å². The Labute approximate surface area is 220 Å². The Morgan fingerprint density at radius 3 is 2.74 bits per heavy atom. The van der Waals surface area contributed by atoms with Crippen LogP contribution in [0, 0.1) is 5.41 Å². The number of hydrogen-bond acceptors (Lipinski definition) is 6. The Kier molecular flexibility index (Phi) is 7.12. The van der Waals surface area contributed by atoms with Gasteiger partial charge in [0.25, 0.3) is 5.91 Å². The van der Waals surface area contributed by atoms with Crippen LogP contribution >= 0.6 is 0 Å². The normalized spacial score (nSPS) is 11.0. The standard InChI is InChI=1S/C28H29N9O/c1-2-14-37(36-15-13-31-18-36)28-33-12-10-24(35-28)20-4-6-21(7-5-20)27(38)32-11-9-19-3-8-25-22(16-19)23(17-34-25)26(29)30/h3-8,10,12-13,15-18,34H,2,9,11,14H2,1H3,(H3,29,30)(H,32,38). The lowest BCUT2D eigenvalue weighted by Gasteiger charge is -2.22. The molecule has 0 radical (unpaired) electrons. The minimum Gasteiger partial charge on any atom is -0.384 e. The van der Waals surface area contributed by atoms with Crippen molar-refractivity contribution in [3.8, 4) is 11.3 Å². The number of nitrogens with two attached hydrogens (primary N) is 1. The topological polar surface area (TPSA) is 142 Å². The number of nitrogens with zero attached hydrogens (tertiary/aromatic N) is 5. The number of benzene rings is 2. The maximum atomic E-state index is 12.7. The Bertz CT molecular complexity index is 1560. The van der Waals surface area contributed by atoms with Crippen molar-refractivity contribution in [2.45, 2.75) is 19.8 Å². The van der Waals surface area contributed by atoms with Crippen molar-refractivity contribution in [2.24, 2.45) is 5.73 Å². The van der Waals surface area contributed by atoms with Gasteiger partial charge >= 0.3 is 0 Å². The molecule has 10 heteroatoms. The van der Waals surface area contributed by atoms with Crippen LogP contribution in [0.25, 0.3) is 22.2 Å². The van der Waals surface area contributed by atoms with Crippen molar-refractivity contribution < 1.29 is 4.79 Å². The summed E-state index contributed by atoms with van der Waals surface area (Å²) in [5, 5.41) is 13.6. The zero-order valence-corrected chi connectivity index (χ0v) is 21.1. The van der Waals surface area contributed by atoms with Gasteiger partial charge in [-0.2, -0.15) is 0 Å². The van der Waals surface area contributed by atoms with Crippen LogP contribution in [0.2, 0.25) is 0 Å². The summed E-state index contributed by atoms with van der Waals surface area (Å²) < 4.78 is 1.87. The summed E-state index contributed by atoms with van der Waals surface area (Å²) in [6, 6.07) is 15.2. The van der Waals surface area contributed by atoms with Crippen LogP contribution in [0.3, 0.4) is 0 Å². The summed E-state index contributed by atoms with van der Waals surface area (Å²) in [5.41, 5.74) is 10.6. The third-order valence-electron chi connectivity index (χ3n) is 6.26. The van der Waals surface area contributed by atoms with Crippen molar-refractivity contribution >= 4 is 28.6 Å². The van der Waals surface area contributed by atoms with Crippen LogP contribution in [0.5, 0.6) is 0 Å². The average Bonchev–Trinajstić information content (AvgIpc) is 3.62. The zero-order chi connectivity index (χ0) is 26.5. The molecule has 0 saturated heterocycles. The van der Waals surface area contributed by atoms with Gasteiger partial charge in [-0.1, -0.05) is 25.1 Å². The van der Waals surface area contributed by atoms with E-state index in [0.717, 1.165) is 40.7 Å². The number of aromatic nitrogens is 5. The van der Waals surface area contributed by atoms with E-state index in [1.165, 1.54) is 0 Å². The number of carbonyl (C=O) groups is 1. The Morgan fingerprint density at radius 2 is 2.00 bits per heavy atom. The number of hydrogen-bond donors (Lipinski definition) is 4. The zero-order valence-electron chi connectivity index (χ0n) is 21.1. The van der Waals surface area contributed by atoms with E-state index in [9.17, 15) is 4.79 Å². The number of amidine groups is 1. The smallest absolute Gasteiger partial charge is 0.251 e. The first-order valence-electron chi connectivity index (χ1n) is 12.5. The fraction of sp³-hybridized carbons (Fsp3) is 0.179. The van der Waals surface area contributed by atoms with Crippen LogP contribution in [0.15, 0.2) is 79.6 Å². The lowest BCUT2D eigenvalue weighted by Crippen LogP contribution is -2.30. The number of nitrogen functional groups attached to an aromatic ring is 1. The molecule has 2 aromatic carbocycles. The molecule has 5 N–H and O–H groups in total. The Morgan fingerprint density at radius 1 is 1.16 bits per heavy atom. The second-order valence-corrected chi connectivity index (χ2v) is 8.89. The highest BCUT2D eigenvalue weighted by atomic mass is 16.1. The molecule has 192 valence electrons. The lowest BCUT2D eigenvalue weighted by atomic mass is 10.1. The third-order valence-corrected chi connectivity index (χ3v) is 6.26. The predicted octanol–water partition coefficient (Wildman–Crippen LogP) is 3.76. The van der Waals surface area contributed by atoms with Gasteiger partial charge in [-0.25, -0.2) is 24.6 Å². The fourth-order valence-electron chi connectivity index (χ4n) is 4.32. The highest BCUT2D eigenvalue weighted by Gasteiger charge is 2.13. The van der Waals surface area contributed by atoms with Gasteiger partial charge in [-0.05, 0) is 48.7 Å². The molecular formula is C28H29N9O. The van der Waals surface area contributed by atoms with Gasteiger partial charge < -0.3 is 16.0 Å². The van der Waals surface area contributed by atoms with Crippen molar-refractivity contribution in [1.29, 1.82) is 5.41 Å². The number of imidazole rings is 1. The number of anilines is 1. The first kappa shape index (κ1) is 24.7. The van der Waals surface area contributed by atoms with E-state index in [4.69, 9.17) is 16.1 Å². The summed E-state index contributed by atoms with van der Waals surface area (Å²) in [5.74, 6) is 0.471. The maximum absolute atomic E-state index is 12.7. The van der Waals surface area contributed by atoms with Gasteiger partial charge in [0, 0.05) is 65.5 Å². The average molecular weight is 508 g/mol. The van der Waals surface area contributed by atoms with Crippen LogP contribution in [0.4, 0.5) is 5.95 Å². The number of aromatic amines is 1. The number of amides is 1. The molecular weight excluding hydrogens is 478 g/mol. The molecule has 0 spiro atoms. The molecule has 3 aromatic heterocycles. The molecule has 1 amide bonds. The molecule has 38 heavy (non-hydrogen) atoms. The van der Waals surface area contributed by atoms with Crippen LogP contribution in [-0.4, -0.2) is 49.4 Å². The summed E-state index contributed by atoms with van der Waals surface area (Å²) >= 11 is 0. The molecule has 5 rings (SSSR count). The lowest BCUT2D eigenvalue weighted by molar-refractivity contribution is 0.0954. The molecule has 0 aliphatic carbocycles. The molecule has 0 aliphatic rings. The SMILES string of the molecule is CCCN(c1nccc(-c2ccc(C(=O)NCCc3ccc4[nH]cc(C(=N)N)c4c3)cc2)n1)n1ccnc1. The van der Waals surface area contributed by atoms with Gasteiger partial charge in [-0.15, -0.1) is 0 Å². The van der Waals surface area contributed by atoms with Crippen LogP contribution < -0.4 is 16.1 Å². The first-order valence-corrected chi connectivity index (χ1v) is 12.5. The molecule has 0 saturated carbocycles. The number of rotatable bonds is 10. The summed E-state index contributed by atoms with van der Waals surface area (Å²) in [6.07, 6.45) is 10.4. The largest absolute Gasteiger partial charge is 0.384 e. The molecule has 10 nitrogen and oxygen atoms in total. The second-order valence-electron chi connectivity index (χ2n) is 8.89. The summed E-state index contributed by atoms with van der Waals surface area (Å²) in [4.78, 5) is 29.2. The van der Waals surface area contributed by atoms with E-state index >= 15 is 0 Å². The summed E-state index contributed by atoms with van der Waals surface area (Å²) in [7, 11) is 0. The highest BCUT2D eigenvalue weighted by Crippen LogP contribution is 2.21.